The first kappa shape index (κ1) is 19.3. The molecule has 1 aromatic rings. The van der Waals surface area contributed by atoms with Gasteiger partial charge in [0.2, 0.25) is 5.91 Å². The Balaban J connectivity index is 1.65. The summed E-state index contributed by atoms with van der Waals surface area (Å²) in [5.41, 5.74) is 0.482. The van der Waals surface area contributed by atoms with Crippen molar-refractivity contribution in [3.8, 4) is 0 Å². The number of carbonyl (C=O) groups excluding carboxylic acids is 3. The van der Waals surface area contributed by atoms with Gasteiger partial charge in [0.15, 0.2) is 0 Å². The number of aryl methyl sites for hydroxylation is 1. The fourth-order valence-corrected chi connectivity index (χ4v) is 4.16. The van der Waals surface area contributed by atoms with Crippen LogP contribution >= 0.6 is 15.9 Å². The Bertz CT molecular complexity index is 817. The van der Waals surface area contributed by atoms with Gasteiger partial charge in [-0.1, -0.05) is 6.07 Å². The third-order valence-corrected chi connectivity index (χ3v) is 5.79. The number of amides is 4. The number of anilines is 1. The SMILES string of the molecule is Cc1ccc(NC(=O)CN2C(=O)NC3(CCC(C(=O)O)CC3)C2=O)c(Br)c1. The Morgan fingerprint density at radius 1 is 1.33 bits per heavy atom. The van der Waals surface area contributed by atoms with Gasteiger partial charge in [0.1, 0.15) is 12.1 Å². The molecule has 0 bridgehead atoms. The van der Waals surface area contributed by atoms with Crippen LogP contribution in [0.2, 0.25) is 0 Å². The molecule has 27 heavy (non-hydrogen) atoms. The minimum Gasteiger partial charge on any atom is -0.481 e. The van der Waals surface area contributed by atoms with Crippen LogP contribution in [0.25, 0.3) is 0 Å². The lowest BCUT2D eigenvalue weighted by molar-refractivity contribution is -0.145. The summed E-state index contributed by atoms with van der Waals surface area (Å²) in [5.74, 6) is -2.34. The first-order chi connectivity index (χ1) is 12.7. The number of nitrogens with one attached hydrogen (secondary N) is 2. The van der Waals surface area contributed by atoms with Gasteiger partial charge in [-0.2, -0.15) is 0 Å². The van der Waals surface area contributed by atoms with Gasteiger partial charge in [-0.15, -0.1) is 0 Å². The van der Waals surface area contributed by atoms with Crippen molar-refractivity contribution in [2.24, 2.45) is 5.92 Å². The molecule has 1 heterocycles. The van der Waals surface area contributed by atoms with Gasteiger partial charge < -0.3 is 15.7 Å². The van der Waals surface area contributed by atoms with Crippen LogP contribution in [-0.4, -0.2) is 45.9 Å². The van der Waals surface area contributed by atoms with Gasteiger partial charge in [-0.25, -0.2) is 4.79 Å². The van der Waals surface area contributed by atoms with Gasteiger partial charge in [-0.3, -0.25) is 19.3 Å². The fraction of sp³-hybridized carbons (Fsp3) is 0.444. The molecule has 1 saturated carbocycles. The molecule has 3 rings (SSSR count). The summed E-state index contributed by atoms with van der Waals surface area (Å²) in [6.45, 7) is 1.53. The maximum absolute atomic E-state index is 12.8. The van der Waals surface area contributed by atoms with E-state index in [0.29, 0.717) is 23.0 Å². The first-order valence-electron chi connectivity index (χ1n) is 8.65. The van der Waals surface area contributed by atoms with E-state index in [1.54, 1.807) is 6.07 Å². The van der Waals surface area contributed by atoms with Crippen molar-refractivity contribution in [3.05, 3.63) is 28.2 Å². The molecule has 144 valence electrons. The van der Waals surface area contributed by atoms with E-state index < -0.39 is 41.8 Å². The van der Waals surface area contributed by atoms with E-state index in [4.69, 9.17) is 5.11 Å². The van der Waals surface area contributed by atoms with Crippen molar-refractivity contribution in [2.45, 2.75) is 38.1 Å². The largest absolute Gasteiger partial charge is 0.481 e. The van der Waals surface area contributed by atoms with Gasteiger partial charge in [0.25, 0.3) is 5.91 Å². The molecular formula is C18H20BrN3O5. The molecule has 2 aliphatic rings. The average molecular weight is 438 g/mol. The summed E-state index contributed by atoms with van der Waals surface area (Å²) in [4.78, 5) is 49.4. The number of rotatable bonds is 4. The molecule has 2 fully saturated rings. The van der Waals surface area contributed by atoms with E-state index in [1.807, 2.05) is 19.1 Å². The maximum atomic E-state index is 12.8. The first-order valence-corrected chi connectivity index (χ1v) is 9.44. The number of hydrogen-bond donors (Lipinski definition) is 3. The zero-order valence-corrected chi connectivity index (χ0v) is 16.3. The zero-order chi connectivity index (χ0) is 19.8. The molecule has 0 unspecified atom stereocenters. The number of aliphatic carboxylic acids is 1. The molecule has 8 nitrogen and oxygen atoms in total. The standard InChI is InChI=1S/C18H20BrN3O5/c1-10-2-3-13(12(19)8-10)20-14(23)9-22-16(26)18(21-17(22)27)6-4-11(5-7-18)15(24)25/h2-3,8,11H,4-7,9H2,1H3,(H,20,23)(H,21,27)(H,24,25). The van der Waals surface area contributed by atoms with Crippen LogP contribution < -0.4 is 10.6 Å². The highest BCUT2D eigenvalue weighted by Gasteiger charge is 2.53. The molecule has 1 spiro atoms. The number of carbonyl (C=O) groups is 4. The number of carboxylic acid groups (broad SMARTS) is 1. The van der Waals surface area contributed by atoms with E-state index in [2.05, 4.69) is 26.6 Å². The predicted octanol–water partition coefficient (Wildman–Crippen LogP) is 2.26. The highest BCUT2D eigenvalue weighted by atomic mass is 79.9. The van der Waals surface area contributed by atoms with Crippen LogP contribution in [0.4, 0.5) is 10.5 Å². The molecule has 3 N–H and O–H groups in total. The zero-order valence-electron chi connectivity index (χ0n) is 14.8. The predicted molar refractivity (Wildman–Crippen MR) is 100 cm³/mol. The highest BCUT2D eigenvalue weighted by molar-refractivity contribution is 9.10. The molecule has 0 atom stereocenters. The lowest BCUT2D eigenvalue weighted by Crippen LogP contribution is -2.50. The van der Waals surface area contributed by atoms with E-state index in [-0.39, 0.29) is 12.8 Å². The van der Waals surface area contributed by atoms with Crippen LogP contribution in [0.15, 0.2) is 22.7 Å². The summed E-state index contributed by atoms with van der Waals surface area (Å²) in [7, 11) is 0. The number of benzene rings is 1. The van der Waals surface area contributed by atoms with Crippen molar-refractivity contribution in [1.29, 1.82) is 0 Å². The van der Waals surface area contributed by atoms with Crippen molar-refractivity contribution in [1.82, 2.24) is 10.2 Å². The van der Waals surface area contributed by atoms with Crippen LogP contribution in [0, 0.1) is 12.8 Å². The van der Waals surface area contributed by atoms with Crippen molar-refractivity contribution in [3.63, 3.8) is 0 Å². The molecule has 9 heteroatoms. The Hall–Kier alpha value is -2.42. The normalized spacial score (nSPS) is 24.8. The van der Waals surface area contributed by atoms with Crippen LogP contribution in [0.5, 0.6) is 0 Å². The molecule has 1 aliphatic carbocycles. The topological polar surface area (TPSA) is 116 Å². The molecule has 0 radical (unpaired) electrons. The second kappa shape index (κ2) is 7.30. The van der Waals surface area contributed by atoms with Crippen LogP contribution in [0.1, 0.15) is 31.2 Å². The Labute approximate surface area is 164 Å². The van der Waals surface area contributed by atoms with Gasteiger partial charge in [0.05, 0.1) is 11.6 Å². The number of carboxylic acids is 1. The van der Waals surface area contributed by atoms with Crippen molar-refractivity contribution < 1.29 is 24.3 Å². The number of nitrogens with zero attached hydrogens (tertiary/aromatic N) is 1. The molecule has 1 saturated heterocycles. The minimum absolute atomic E-state index is 0.260. The Morgan fingerprint density at radius 3 is 2.59 bits per heavy atom. The third kappa shape index (κ3) is 3.83. The van der Waals surface area contributed by atoms with Crippen LogP contribution in [0.3, 0.4) is 0 Å². The minimum atomic E-state index is -1.09. The van der Waals surface area contributed by atoms with E-state index in [0.717, 1.165) is 10.5 Å². The molecule has 1 aromatic carbocycles. The Kier molecular flexibility index (Phi) is 5.23. The summed E-state index contributed by atoms with van der Waals surface area (Å²) in [6, 6.07) is 4.80. The number of halogens is 1. The quantitative estimate of drug-likeness (QED) is 0.624. The highest BCUT2D eigenvalue weighted by Crippen LogP contribution is 2.36. The van der Waals surface area contributed by atoms with Gasteiger partial charge in [0, 0.05) is 4.47 Å². The Morgan fingerprint density at radius 2 is 2.00 bits per heavy atom. The third-order valence-electron chi connectivity index (χ3n) is 5.13. The van der Waals surface area contributed by atoms with Gasteiger partial charge in [-0.05, 0) is 66.2 Å². The number of imide groups is 1. The molecule has 4 amide bonds. The molecular weight excluding hydrogens is 418 g/mol. The number of urea groups is 1. The summed E-state index contributed by atoms with van der Waals surface area (Å²) >= 11 is 3.36. The van der Waals surface area contributed by atoms with Crippen LogP contribution in [-0.2, 0) is 14.4 Å². The fourth-order valence-electron chi connectivity index (χ4n) is 3.57. The monoisotopic (exact) mass is 437 g/mol. The van der Waals surface area contributed by atoms with E-state index >= 15 is 0 Å². The lowest BCUT2D eigenvalue weighted by atomic mass is 9.76. The average Bonchev–Trinajstić information content (AvgIpc) is 2.82. The lowest BCUT2D eigenvalue weighted by Gasteiger charge is -2.33. The summed E-state index contributed by atoms with van der Waals surface area (Å²) < 4.78 is 0.705. The molecule has 0 aromatic heterocycles. The summed E-state index contributed by atoms with van der Waals surface area (Å²) in [5, 5.41) is 14.5. The summed E-state index contributed by atoms with van der Waals surface area (Å²) in [6.07, 6.45) is 1.15. The van der Waals surface area contributed by atoms with Gasteiger partial charge >= 0.3 is 12.0 Å². The second-order valence-electron chi connectivity index (χ2n) is 7.05. The smallest absolute Gasteiger partial charge is 0.325 e. The van der Waals surface area contributed by atoms with E-state index in [9.17, 15) is 19.2 Å². The molecule has 1 aliphatic heterocycles. The second-order valence-corrected chi connectivity index (χ2v) is 7.90. The maximum Gasteiger partial charge on any atom is 0.325 e. The van der Waals surface area contributed by atoms with Crippen molar-refractivity contribution >= 4 is 45.4 Å². The number of hydrogen-bond acceptors (Lipinski definition) is 4. The van der Waals surface area contributed by atoms with Crippen molar-refractivity contribution in [2.75, 3.05) is 11.9 Å². The van der Waals surface area contributed by atoms with E-state index in [1.165, 1.54) is 0 Å².